The maximum atomic E-state index is 13.9. The van der Waals surface area contributed by atoms with Crippen LogP contribution < -0.4 is 15.4 Å². The molecule has 0 atom stereocenters. The van der Waals surface area contributed by atoms with Crippen LogP contribution in [0, 0.1) is 18.7 Å². The molecule has 7 nitrogen and oxygen atoms in total. The molecule has 0 saturated carbocycles. The van der Waals surface area contributed by atoms with E-state index in [2.05, 4.69) is 15.0 Å². The lowest BCUT2D eigenvalue weighted by molar-refractivity contribution is 0.0693. The minimum absolute atomic E-state index is 0.0592. The van der Waals surface area contributed by atoms with E-state index in [-0.39, 0.29) is 28.6 Å². The lowest BCUT2D eigenvalue weighted by Gasteiger charge is -2.09. The van der Waals surface area contributed by atoms with Crippen molar-refractivity contribution in [2.24, 2.45) is 5.92 Å². The fourth-order valence-electron chi connectivity index (χ4n) is 2.19. The zero-order valence-electron chi connectivity index (χ0n) is 15.3. The number of rotatable bonds is 8. The number of carbonyl (C=O) groups excluding carboxylic acids is 1. The molecule has 0 radical (unpaired) electrons. The summed E-state index contributed by atoms with van der Waals surface area (Å²) in [5.41, 5.74) is 0.795. The van der Waals surface area contributed by atoms with E-state index in [0.717, 1.165) is 23.5 Å². The Balaban J connectivity index is 2.05. The fourth-order valence-corrected chi connectivity index (χ4v) is 2.91. The van der Waals surface area contributed by atoms with Gasteiger partial charge in [0.25, 0.3) is 0 Å². The molecule has 146 valence electrons. The van der Waals surface area contributed by atoms with Gasteiger partial charge >= 0.3 is 12.0 Å². The fraction of sp³-hybridized carbons (Fsp3) is 0.389. The molecule has 27 heavy (non-hydrogen) atoms. The third kappa shape index (κ3) is 5.92. The van der Waals surface area contributed by atoms with Crippen LogP contribution in [0.3, 0.4) is 0 Å². The zero-order valence-corrected chi connectivity index (χ0v) is 16.2. The first kappa shape index (κ1) is 20.6. The lowest BCUT2D eigenvalue weighted by Crippen LogP contribution is -2.30. The Bertz CT molecular complexity index is 823. The van der Waals surface area contributed by atoms with Gasteiger partial charge in [0.15, 0.2) is 5.56 Å². The van der Waals surface area contributed by atoms with Crippen molar-refractivity contribution in [3.63, 3.8) is 0 Å². The number of carbonyl (C=O) groups is 2. The second-order valence-electron chi connectivity index (χ2n) is 6.44. The first-order chi connectivity index (χ1) is 12.8. The van der Waals surface area contributed by atoms with E-state index in [1.807, 2.05) is 13.8 Å². The number of halogens is 1. The molecule has 0 fully saturated rings. The molecule has 1 aromatic carbocycles. The number of aromatic nitrogens is 1. The van der Waals surface area contributed by atoms with Gasteiger partial charge in [-0.25, -0.2) is 14.0 Å². The number of hydrogen-bond donors (Lipinski definition) is 3. The number of carboxylic acids is 1. The van der Waals surface area contributed by atoms with Gasteiger partial charge in [0.2, 0.25) is 5.88 Å². The van der Waals surface area contributed by atoms with Crippen molar-refractivity contribution in [1.29, 1.82) is 0 Å². The molecule has 1 heterocycles. The van der Waals surface area contributed by atoms with Gasteiger partial charge in [-0.1, -0.05) is 26.0 Å². The number of hydrogen-bond acceptors (Lipinski definition) is 5. The van der Waals surface area contributed by atoms with Crippen LogP contribution in [0.5, 0.6) is 5.88 Å². The Hall–Kier alpha value is -2.68. The summed E-state index contributed by atoms with van der Waals surface area (Å²) in [7, 11) is 0. The summed E-state index contributed by atoms with van der Waals surface area (Å²) in [6.45, 7) is 6.13. The van der Waals surface area contributed by atoms with Gasteiger partial charge in [-0.3, -0.25) is 5.32 Å². The maximum Gasteiger partial charge on any atom is 0.344 e. The number of urea groups is 1. The summed E-state index contributed by atoms with van der Waals surface area (Å²) in [6.07, 6.45) is 0.804. The van der Waals surface area contributed by atoms with Gasteiger partial charge < -0.3 is 15.2 Å². The molecule has 2 rings (SSSR count). The number of aromatic carboxylic acids is 1. The number of anilines is 1. The molecule has 2 amide bonds. The van der Waals surface area contributed by atoms with Gasteiger partial charge in [0.1, 0.15) is 17.4 Å². The minimum atomic E-state index is -1.29. The van der Waals surface area contributed by atoms with Gasteiger partial charge in [0, 0.05) is 12.1 Å². The van der Waals surface area contributed by atoms with Crippen LogP contribution in [0.15, 0.2) is 18.2 Å². The Kier molecular flexibility index (Phi) is 7.12. The normalized spacial score (nSPS) is 10.7. The Morgan fingerprint density at radius 2 is 2.11 bits per heavy atom. The Labute approximate surface area is 160 Å². The molecular weight excluding hydrogens is 373 g/mol. The highest BCUT2D eigenvalue weighted by molar-refractivity contribution is 7.11. The van der Waals surface area contributed by atoms with Crippen LogP contribution in [0.4, 0.5) is 14.2 Å². The zero-order chi connectivity index (χ0) is 20.0. The van der Waals surface area contributed by atoms with Gasteiger partial charge in [-0.15, -0.1) is 0 Å². The van der Waals surface area contributed by atoms with Crippen LogP contribution in [0.25, 0.3) is 0 Å². The Morgan fingerprint density at radius 1 is 1.37 bits per heavy atom. The highest BCUT2D eigenvalue weighted by atomic mass is 32.1. The van der Waals surface area contributed by atoms with Gasteiger partial charge in [-0.2, -0.15) is 4.37 Å². The number of ether oxygens (including phenoxy) is 1. The molecule has 0 aliphatic rings. The predicted octanol–water partition coefficient (Wildman–Crippen LogP) is 4.04. The summed E-state index contributed by atoms with van der Waals surface area (Å²) in [5, 5.41) is 14.6. The number of carboxylic acid groups (broad SMARTS) is 1. The van der Waals surface area contributed by atoms with Crippen molar-refractivity contribution in [3.8, 4) is 5.88 Å². The SMILES string of the molecule is Cc1ccc(COc2nsc(NC(=O)NCCC(C)C)c2C(=O)O)c(F)c1. The first-order valence-electron chi connectivity index (χ1n) is 8.43. The molecule has 9 heteroatoms. The van der Waals surface area contributed by atoms with E-state index in [1.165, 1.54) is 6.07 Å². The number of aryl methyl sites for hydroxylation is 1. The van der Waals surface area contributed by atoms with Crippen LogP contribution in [-0.4, -0.2) is 28.0 Å². The van der Waals surface area contributed by atoms with E-state index in [9.17, 15) is 19.1 Å². The van der Waals surface area contributed by atoms with Crippen molar-refractivity contribution >= 4 is 28.5 Å². The van der Waals surface area contributed by atoms with E-state index in [4.69, 9.17) is 4.74 Å². The van der Waals surface area contributed by atoms with Crippen molar-refractivity contribution in [2.45, 2.75) is 33.8 Å². The summed E-state index contributed by atoms with van der Waals surface area (Å²) < 4.78 is 23.2. The second kappa shape index (κ2) is 9.31. The summed E-state index contributed by atoms with van der Waals surface area (Å²) in [4.78, 5) is 23.5. The molecule has 0 saturated heterocycles. The monoisotopic (exact) mass is 395 g/mol. The largest absolute Gasteiger partial charge is 0.477 e. The smallest absolute Gasteiger partial charge is 0.344 e. The van der Waals surface area contributed by atoms with E-state index in [1.54, 1.807) is 19.1 Å². The maximum absolute atomic E-state index is 13.9. The standard InChI is InChI=1S/C18H22FN3O4S/c1-10(2)6-7-20-18(25)21-16-14(17(23)24)15(22-27-16)26-9-12-5-4-11(3)8-13(12)19/h4-5,8,10H,6-7,9H2,1-3H3,(H,23,24)(H2,20,21,25). The van der Waals surface area contributed by atoms with Gasteiger partial charge in [-0.05, 0) is 42.4 Å². The predicted molar refractivity (Wildman–Crippen MR) is 101 cm³/mol. The molecule has 0 aliphatic carbocycles. The summed E-state index contributed by atoms with van der Waals surface area (Å²) >= 11 is 0.793. The first-order valence-corrected chi connectivity index (χ1v) is 9.21. The lowest BCUT2D eigenvalue weighted by atomic mass is 10.1. The van der Waals surface area contributed by atoms with Crippen LogP contribution in [-0.2, 0) is 6.61 Å². The molecule has 2 aromatic rings. The second-order valence-corrected chi connectivity index (χ2v) is 7.22. The number of benzene rings is 1. The number of nitrogens with zero attached hydrogens (tertiary/aromatic N) is 1. The Morgan fingerprint density at radius 3 is 2.74 bits per heavy atom. The summed E-state index contributed by atoms with van der Waals surface area (Å²) in [6, 6.07) is 4.15. The van der Waals surface area contributed by atoms with Gasteiger partial charge in [0.05, 0.1) is 0 Å². The van der Waals surface area contributed by atoms with E-state index < -0.39 is 17.8 Å². The number of nitrogens with one attached hydrogen (secondary N) is 2. The van der Waals surface area contributed by atoms with Crippen molar-refractivity contribution in [3.05, 3.63) is 40.7 Å². The van der Waals surface area contributed by atoms with Crippen LogP contribution in [0.2, 0.25) is 0 Å². The van der Waals surface area contributed by atoms with Crippen LogP contribution >= 0.6 is 11.5 Å². The minimum Gasteiger partial charge on any atom is -0.477 e. The third-order valence-corrected chi connectivity index (χ3v) is 4.43. The molecular formula is C18H22FN3O4S. The quantitative estimate of drug-likeness (QED) is 0.626. The topological polar surface area (TPSA) is 101 Å². The molecule has 0 spiro atoms. The molecule has 0 unspecified atom stereocenters. The molecule has 3 N–H and O–H groups in total. The van der Waals surface area contributed by atoms with Crippen molar-refractivity contribution in [2.75, 3.05) is 11.9 Å². The highest BCUT2D eigenvalue weighted by Crippen LogP contribution is 2.31. The highest BCUT2D eigenvalue weighted by Gasteiger charge is 2.23. The third-order valence-electron chi connectivity index (χ3n) is 3.68. The van der Waals surface area contributed by atoms with E-state index >= 15 is 0 Å². The summed E-state index contributed by atoms with van der Waals surface area (Å²) in [5.74, 6) is -1.46. The molecule has 0 bridgehead atoms. The average Bonchev–Trinajstić information content (AvgIpc) is 2.96. The van der Waals surface area contributed by atoms with Crippen molar-refractivity contribution < 1.29 is 23.8 Å². The van der Waals surface area contributed by atoms with Crippen LogP contribution in [0.1, 0.15) is 41.8 Å². The molecule has 0 aliphatic heterocycles. The molecule has 1 aromatic heterocycles. The number of amides is 2. The van der Waals surface area contributed by atoms with Crippen molar-refractivity contribution in [1.82, 2.24) is 9.69 Å². The average molecular weight is 395 g/mol. The van der Waals surface area contributed by atoms with E-state index in [0.29, 0.717) is 12.5 Å².